The lowest BCUT2D eigenvalue weighted by Gasteiger charge is -2.23. The molecule has 1 heterocycles. The quantitative estimate of drug-likeness (QED) is 0.578. The molecule has 92 valence electrons. The summed E-state index contributed by atoms with van der Waals surface area (Å²) in [7, 11) is 2.12. The summed E-state index contributed by atoms with van der Waals surface area (Å²) < 4.78 is 0. The molecule has 1 saturated carbocycles. The molecule has 4 nitrogen and oxygen atoms in total. The largest absolute Gasteiger partial charge is 0.388 e. The van der Waals surface area contributed by atoms with Gasteiger partial charge in [0.15, 0.2) is 0 Å². The van der Waals surface area contributed by atoms with Gasteiger partial charge in [-0.15, -0.1) is 0 Å². The summed E-state index contributed by atoms with van der Waals surface area (Å²) >= 11 is 0. The molecule has 1 aromatic rings. The van der Waals surface area contributed by atoms with E-state index in [-0.39, 0.29) is 5.41 Å². The van der Waals surface area contributed by atoms with Crippen molar-refractivity contribution >= 4 is 5.84 Å². The Morgan fingerprint density at radius 2 is 2.35 bits per heavy atom. The Morgan fingerprint density at radius 1 is 1.59 bits per heavy atom. The SMILES string of the molecule is CN(Cc1cccnc1)CC1(CC(=N)N)CC1. The topological polar surface area (TPSA) is 66.0 Å². The van der Waals surface area contributed by atoms with Crippen molar-refractivity contribution in [1.29, 1.82) is 5.41 Å². The van der Waals surface area contributed by atoms with Crippen molar-refractivity contribution in [3.63, 3.8) is 0 Å². The second-order valence-corrected chi connectivity index (χ2v) is 5.24. The van der Waals surface area contributed by atoms with Crippen molar-refractivity contribution in [2.24, 2.45) is 11.1 Å². The lowest BCUT2D eigenvalue weighted by molar-refractivity contribution is 0.259. The maximum absolute atomic E-state index is 7.40. The minimum absolute atomic E-state index is 0.281. The van der Waals surface area contributed by atoms with E-state index in [9.17, 15) is 0 Å². The molecule has 0 unspecified atom stereocenters. The molecule has 2 rings (SSSR count). The molecule has 0 aliphatic heterocycles. The Balaban J connectivity index is 1.85. The third kappa shape index (κ3) is 3.53. The average Bonchev–Trinajstić information content (AvgIpc) is 2.97. The zero-order valence-electron chi connectivity index (χ0n) is 10.3. The highest BCUT2D eigenvalue weighted by Gasteiger charge is 2.43. The van der Waals surface area contributed by atoms with Gasteiger partial charge in [0, 0.05) is 31.9 Å². The molecule has 17 heavy (non-hydrogen) atoms. The number of hydrogen-bond donors (Lipinski definition) is 2. The van der Waals surface area contributed by atoms with Crippen LogP contribution in [0.5, 0.6) is 0 Å². The molecule has 0 radical (unpaired) electrons. The van der Waals surface area contributed by atoms with Crippen molar-refractivity contribution in [2.75, 3.05) is 13.6 Å². The standard InChI is InChI=1S/C13H20N4/c1-17(9-11-3-2-6-16-8-11)10-13(4-5-13)7-12(14)15/h2-3,6,8H,4-5,7,9-10H2,1H3,(H3,14,15). The predicted octanol–water partition coefficient (Wildman–Crippen LogP) is 1.62. The van der Waals surface area contributed by atoms with Gasteiger partial charge >= 0.3 is 0 Å². The number of pyridine rings is 1. The van der Waals surface area contributed by atoms with Crippen molar-refractivity contribution < 1.29 is 0 Å². The van der Waals surface area contributed by atoms with Crippen molar-refractivity contribution in [2.45, 2.75) is 25.8 Å². The molecule has 4 heteroatoms. The van der Waals surface area contributed by atoms with Crippen LogP contribution in [-0.2, 0) is 6.54 Å². The summed E-state index contributed by atoms with van der Waals surface area (Å²) in [5, 5.41) is 7.40. The van der Waals surface area contributed by atoms with Crippen LogP contribution in [0.2, 0.25) is 0 Å². The van der Waals surface area contributed by atoms with Gasteiger partial charge in [-0.1, -0.05) is 6.07 Å². The summed E-state index contributed by atoms with van der Waals surface area (Å²) in [6.45, 7) is 1.93. The first-order chi connectivity index (χ1) is 8.10. The van der Waals surface area contributed by atoms with Crippen LogP contribution in [0, 0.1) is 10.8 Å². The van der Waals surface area contributed by atoms with Crippen LogP contribution in [0.1, 0.15) is 24.8 Å². The molecule has 0 atom stereocenters. The first-order valence-electron chi connectivity index (χ1n) is 6.00. The second-order valence-electron chi connectivity index (χ2n) is 5.24. The lowest BCUT2D eigenvalue weighted by Crippen LogP contribution is -2.29. The highest BCUT2D eigenvalue weighted by molar-refractivity contribution is 5.78. The highest BCUT2D eigenvalue weighted by atomic mass is 15.1. The van der Waals surface area contributed by atoms with Crippen LogP contribution in [0.4, 0.5) is 0 Å². The average molecular weight is 232 g/mol. The van der Waals surface area contributed by atoms with E-state index in [2.05, 4.69) is 23.0 Å². The molecule has 0 bridgehead atoms. The normalized spacial score (nSPS) is 17.1. The fourth-order valence-corrected chi connectivity index (χ4v) is 2.40. The summed E-state index contributed by atoms with van der Waals surface area (Å²) in [4.78, 5) is 6.42. The zero-order chi connectivity index (χ0) is 12.3. The van der Waals surface area contributed by atoms with E-state index in [1.807, 2.05) is 12.3 Å². The van der Waals surface area contributed by atoms with Gasteiger partial charge in [-0.05, 0) is 36.9 Å². The molecule has 0 spiro atoms. The summed E-state index contributed by atoms with van der Waals surface area (Å²) in [6.07, 6.45) is 6.83. The monoisotopic (exact) mass is 232 g/mol. The molecule has 1 fully saturated rings. The number of aromatic nitrogens is 1. The molecular weight excluding hydrogens is 212 g/mol. The molecule has 0 amide bonds. The fourth-order valence-electron chi connectivity index (χ4n) is 2.40. The van der Waals surface area contributed by atoms with Crippen LogP contribution in [0.25, 0.3) is 0 Å². The number of hydrogen-bond acceptors (Lipinski definition) is 3. The van der Waals surface area contributed by atoms with Gasteiger partial charge in [-0.25, -0.2) is 0 Å². The van der Waals surface area contributed by atoms with Crippen LogP contribution >= 0.6 is 0 Å². The molecule has 1 aliphatic rings. The van der Waals surface area contributed by atoms with E-state index in [1.54, 1.807) is 6.20 Å². The van der Waals surface area contributed by atoms with E-state index in [0.29, 0.717) is 5.84 Å². The van der Waals surface area contributed by atoms with E-state index >= 15 is 0 Å². The Hall–Kier alpha value is -1.42. The smallest absolute Gasteiger partial charge is 0.0911 e. The van der Waals surface area contributed by atoms with Gasteiger partial charge in [-0.3, -0.25) is 10.4 Å². The number of nitrogens with one attached hydrogen (secondary N) is 1. The summed E-state index contributed by atoms with van der Waals surface area (Å²) in [6, 6.07) is 4.06. The Kier molecular flexibility index (Phi) is 3.43. The maximum Gasteiger partial charge on any atom is 0.0911 e. The highest BCUT2D eigenvalue weighted by Crippen LogP contribution is 2.49. The van der Waals surface area contributed by atoms with Gasteiger partial charge in [-0.2, -0.15) is 0 Å². The van der Waals surface area contributed by atoms with E-state index < -0.39 is 0 Å². The van der Waals surface area contributed by atoms with Gasteiger partial charge < -0.3 is 10.6 Å². The van der Waals surface area contributed by atoms with Gasteiger partial charge in [0.25, 0.3) is 0 Å². The van der Waals surface area contributed by atoms with Crippen LogP contribution < -0.4 is 5.73 Å². The third-order valence-corrected chi connectivity index (χ3v) is 3.30. The molecule has 1 aliphatic carbocycles. The Morgan fingerprint density at radius 3 is 2.88 bits per heavy atom. The van der Waals surface area contributed by atoms with Crippen LogP contribution in [-0.4, -0.2) is 29.3 Å². The summed E-state index contributed by atoms with van der Waals surface area (Å²) in [5.41, 5.74) is 7.01. The van der Waals surface area contributed by atoms with E-state index in [0.717, 1.165) is 19.5 Å². The molecule has 1 aromatic heterocycles. The molecule has 0 aromatic carbocycles. The molecule has 0 saturated heterocycles. The number of amidine groups is 1. The van der Waals surface area contributed by atoms with E-state index in [1.165, 1.54) is 18.4 Å². The van der Waals surface area contributed by atoms with Crippen molar-refractivity contribution in [1.82, 2.24) is 9.88 Å². The minimum Gasteiger partial charge on any atom is -0.388 e. The molecular formula is C13H20N4. The predicted molar refractivity (Wildman–Crippen MR) is 68.8 cm³/mol. The zero-order valence-corrected chi connectivity index (χ0v) is 10.3. The first kappa shape index (κ1) is 12.0. The number of nitrogens with two attached hydrogens (primary N) is 1. The first-order valence-corrected chi connectivity index (χ1v) is 6.00. The summed E-state index contributed by atoms with van der Waals surface area (Å²) in [5.74, 6) is 0.317. The molecule has 3 N–H and O–H groups in total. The minimum atomic E-state index is 0.281. The van der Waals surface area contributed by atoms with Gasteiger partial charge in [0.2, 0.25) is 0 Å². The fraction of sp³-hybridized carbons (Fsp3) is 0.538. The second kappa shape index (κ2) is 4.84. The number of rotatable bonds is 6. The van der Waals surface area contributed by atoms with Gasteiger partial charge in [0.1, 0.15) is 0 Å². The third-order valence-electron chi connectivity index (χ3n) is 3.30. The maximum atomic E-state index is 7.40. The van der Waals surface area contributed by atoms with Gasteiger partial charge in [0.05, 0.1) is 5.84 Å². The lowest BCUT2D eigenvalue weighted by atomic mass is 10.0. The number of nitrogens with zero attached hydrogens (tertiary/aromatic N) is 2. The van der Waals surface area contributed by atoms with Crippen LogP contribution in [0.3, 0.4) is 0 Å². The Labute approximate surface area is 102 Å². The van der Waals surface area contributed by atoms with Crippen LogP contribution in [0.15, 0.2) is 24.5 Å². The van der Waals surface area contributed by atoms with Crippen molar-refractivity contribution in [3.05, 3.63) is 30.1 Å². The Bertz CT molecular complexity index is 384. The van der Waals surface area contributed by atoms with Crippen molar-refractivity contribution in [3.8, 4) is 0 Å². The van der Waals surface area contributed by atoms with E-state index in [4.69, 9.17) is 11.1 Å².